The zero-order valence-corrected chi connectivity index (χ0v) is 13.8. The van der Waals surface area contributed by atoms with Gasteiger partial charge in [0.1, 0.15) is 9.84 Å². The van der Waals surface area contributed by atoms with Gasteiger partial charge in [0.25, 0.3) is 0 Å². The van der Waals surface area contributed by atoms with Crippen molar-refractivity contribution in [1.29, 1.82) is 0 Å². The highest BCUT2D eigenvalue weighted by atomic mass is 32.2. The lowest BCUT2D eigenvalue weighted by Crippen LogP contribution is -2.59. The lowest BCUT2D eigenvalue weighted by molar-refractivity contribution is 0.0409. The number of hydrogen-bond donors (Lipinski definition) is 1. The van der Waals surface area contributed by atoms with Crippen LogP contribution in [0, 0.1) is 5.92 Å². The molecule has 1 saturated heterocycles. The Morgan fingerprint density at radius 3 is 2.15 bits per heavy atom. The predicted octanol–water partition coefficient (Wildman–Crippen LogP) is 1.79. The minimum absolute atomic E-state index is 0.0883. The Labute approximate surface area is 124 Å². The highest BCUT2D eigenvalue weighted by Gasteiger charge is 2.42. The largest absolute Gasteiger partial charge is 0.329 e. The molecular weight excluding hydrogens is 272 g/mol. The van der Waals surface area contributed by atoms with Gasteiger partial charge in [0.2, 0.25) is 0 Å². The molecule has 0 spiro atoms. The molecular formula is C15H30N2O2S. The first-order chi connectivity index (χ1) is 9.42. The SMILES string of the molecule is CCC1CCC(N(C)C2(CN)CCS(=O)(=O)CC2)CC1. The van der Waals surface area contributed by atoms with Crippen LogP contribution < -0.4 is 5.73 Å². The highest BCUT2D eigenvalue weighted by Crippen LogP contribution is 2.36. The minimum Gasteiger partial charge on any atom is -0.329 e. The molecule has 2 N–H and O–H groups in total. The second-order valence-electron chi connectivity index (χ2n) is 6.77. The molecule has 0 atom stereocenters. The average Bonchev–Trinajstić information content (AvgIpc) is 2.47. The second-order valence-corrected chi connectivity index (χ2v) is 9.08. The van der Waals surface area contributed by atoms with Gasteiger partial charge in [0.05, 0.1) is 11.5 Å². The summed E-state index contributed by atoms with van der Waals surface area (Å²) in [6, 6.07) is 0.585. The molecule has 5 heteroatoms. The summed E-state index contributed by atoms with van der Waals surface area (Å²) in [5.74, 6) is 1.50. The van der Waals surface area contributed by atoms with Gasteiger partial charge >= 0.3 is 0 Å². The highest BCUT2D eigenvalue weighted by molar-refractivity contribution is 7.91. The molecule has 1 aliphatic carbocycles. The summed E-state index contributed by atoms with van der Waals surface area (Å²) in [4.78, 5) is 2.44. The van der Waals surface area contributed by atoms with Gasteiger partial charge in [-0.1, -0.05) is 13.3 Å². The minimum atomic E-state index is -2.82. The summed E-state index contributed by atoms with van der Waals surface area (Å²) in [5.41, 5.74) is 5.96. The third-order valence-electron chi connectivity index (χ3n) is 5.83. The van der Waals surface area contributed by atoms with Crippen molar-refractivity contribution in [2.45, 2.75) is 63.5 Å². The van der Waals surface area contributed by atoms with Crippen LogP contribution in [0.4, 0.5) is 0 Å². The number of nitrogens with two attached hydrogens (primary N) is 1. The Morgan fingerprint density at radius 1 is 1.15 bits per heavy atom. The Kier molecular flexibility index (Phi) is 5.14. The van der Waals surface area contributed by atoms with Crippen LogP contribution in [0.2, 0.25) is 0 Å². The molecule has 0 aromatic rings. The molecule has 0 radical (unpaired) electrons. The van der Waals surface area contributed by atoms with E-state index in [1.807, 2.05) is 0 Å². The summed E-state index contributed by atoms with van der Waals surface area (Å²) in [5, 5.41) is 0. The van der Waals surface area contributed by atoms with Gasteiger partial charge in [-0.25, -0.2) is 8.42 Å². The fourth-order valence-corrected chi connectivity index (χ4v) is 5.53. The van der Waals surface area contributed by atoms with Crippen LogP contribution in [0.15, 0.2) is 0 Å². The molecule has 4 nitrogen and oxygen atoms in total. The predicted molar refractivity (Wildman–Crippen MR) is 83.5 cm³/mol. The van der Waals surface area contributed by atoms with Crippen LogP contribution in [0.3, 0.4) is 0 Å². The molecule has 2 aliphatic rings. The fourth-order valence-electron chi connectivity index (χ4n) is 3.95. The number of hydrogen-bond acceptors (Lipinski definition) is 4. The average molecular weight is 302 g/mol. The number of nitrogens with zero attached hydrogens (tertiary/aromatic N) is 1. The van der Waals surface area contributed by atoms with Gasteiger partial charge in [-0.05, 0) is 51.5 Å². The van der Waals surface area contributed by atoms with E-state index in [1.165, 1.54) is 32.1 Å². The normalized spacial score (nSPS) is 33.2. The summed E-state index contributed by atoms with van der Waals surface area (Å²) in [6.07, 6.45) is 7.80. The summed E-state index contributed by atoms with van der Waals surface area (Å²) >= 11 is 0. The van der Waals surface area contributed by atoms with E-state index in [-0.39, 0.29) is 5.54 Å². The Morgan fingerprint density at radius 2 is 1.70 bits per heavy atom. The summed E-state index contributed by atoms with van der Waals surface area (Å²) < 4.78 is 23.4. The van der Waals surface area contributed by atoms with Crippen LogP contribution in [-0.2, 0) is 9.84 Å². The van der Waals surface area contributed by atoms with E-state index in [0.29, 0.717) is 36.9 Å². The Balaban J connectivity index is 2.01. The number of rotatable bonds is 4. The molecule has 0 aromatic heterocycles. The molecule has 0 bridgehead atoms. The molecule has 2 fully saturated rings. The van der Waals surface area contributed by atoms with Crippen LogP contribution >= 0.6 is 0 Å². The smallest absolute Gasteiger partial charge is 0.150 e. The zero-order valence-electron chi connectivity index (χ0n) is 13.0. The fraction of sp³-hybridized carbons (Fsp3) is 1.00. The molecule has 118 valence electrons. The third kappa shape index (κ3) is 3.37. The van der Waals surface area contributed by atoms with E-state index in [4.69, 9.17) is 5.73 Å². The summed E-state index contributed by atoms with van der Waals surface area (Å²) in [6.45, 7) is 2.86. The van der Waals surface area contributed by atoms with Crippen LogP contribution in [0.5, 0.6) is 0 Å². The lowest BCUT2D eigenvalue weighted by Gasteiger charge is -2.49. The maximum atomic E-state index is 11.7. The van der Waals surface area contributed by atoms with Gasteiger partial charge in [-0.15, -0.1) is 0 Å². The van der Waals surface area contributed by atoms with Crippen molar-refractivity contribution in [2.75, 3.05) is 25.1 Å². The van der Waals surface area contributed by atoms with Gasteiger partial charge in [0.15, 0.2) is 0 Å². The van der Waals surface area contributed by atoms with E-state index < -0.39 is 9.84 Å². The molecule has 0 aromatic carbocycles. The van der Waals surface area contributed by atoms with E-state index >= 15 is 0 Å². The van der Waals surface area contributed by atoms with Crippen LogP contribution in [0.1, 0.15) is 51.9 Å². The van der Waals surface area contributed by atoms with Crippen molar-refractivity contribution in [1.82, 2.24) is 4.90 Å². The first-order valence-corrected chi connectivity index (χ1v) is 9.88. The van der Waals surface area contributed by atoms with Gasteiger partial charge < -0.3 is 5.73 Å². The van der Waals surface area contributed by atoms with Gasteiger partial charge in [0, 0.05) is 18.1 Å². The first-order valence-electron chi connectivity index (χ1n) is 8.06. The lowest BCUT2D eigenvalue weighted by atomic mass is 9.81. The monoisotopic (exact) mass is 302 g/mol. The van der Waals surface area contributed by atoms with Crippen molar-refractivity contribution in [3.63, 3.8) is 0 Å². The van der Waals surface area contributed by atoms with Gasteiger partial charge in [-0.3, -0.25) is 4.90 Å². The molecule has 20 heavy (non-hydrogen) atoms. The molecule has 2 rings (SSSR count). The standard InChI is InChI=1S/C15H30N2O2S/c1-3-13-4-6-14(7-5-13)17(2)15(12-16)8-10-20(18,19)11-9-15/h13-14H,3-12,16H2,1-2H3. The maximum absolute atomic E-state index is 11.7. The van der Waals surface area contributed by atoms with Gasteiger partial charge in [-0.2, -0.15) is 0 Å². The third-order valence-corrected chi connectivity index (χ3v) is 7.48. The summed E-state index contributed by atoms with van der Waals surface area (Å²) in [7, 11) is -0.655. The Bertz CT molecular complexity index is 400. The van der Waals surface area contributed by atoms with E-state index in [0.717, 1.165) is 5.92 Å². The van der Waals surface area contributed by atoms with Crippen molar-refractivity contribution in [2.24, 2.45) is 11.7 Å². The topological polar surface area (TPSA) is 63.4 Å². The second kappa shape index (κ2) is 6.32. The van der Waals surface area contributed by atoms with E-state index in [2.05, 4.69) is 18.9 Å². The van der Waals surface area contributed by atoms with Crippen molar-refractivity contribution in [3.05, 3.63) is 0 Å². The quantitative estimate of drug-likeness (QED) is 0.860. The Hall–Kier alpha value is -0.130. The molecule has 1 saturated carbocycles. The molecule has 0 amide bonds. The van der Waals surface area contributed by atoms with E-state index in [1.54, 1.807) is 0 Å². The molecule has 1 aliphatic heterocycles. The van der Waals surface area contributed by atoms with Crippen molar-refractivity contribution >= 4 is 9.84 Å². The van der Waals surface area contributed by atoms with E-state index in [9.17, 15) is 8.42 Å². The maximum Gasteiger partial charge on any atom is 0.150 e. The molecule has 1 heterocycles. The van der Waals surface area contributed by atoms with Crippen LogP contribution in [0.25, 0.3) is 0 Å². The van der Waals surface area contributed by atoms with Crippen molar-refractivity contribution < 1.29 is 8.42 Å². The van der Waals surface area contributed by atoms with Crippen molar-refractivity contribution in [3.8, 4) is 0 Å². The first kappa shape index (κ1) is 16.2. The number of sulfone groups is 1. The molecule has 0 unspecified atom stereocenters. The number of likely N-dealkylation sites (N-methyl/N-ethyl adjacent to an activating group) is 1. The zero-order chi connectivity index (χ0) is 14.8. The van der Waals surface area contributed by atoms with Crippen LogP contribution in [-0.4, -0.2) is 50.0 Å².